The molecule has 0 fully saturated rings. The summed E-state index contributed by atoms with van der Waals surface area (Å²) in [6.07, 6.45) is 2.96. The van der Waals surface area contributed by atoms with E-state index in [1.807, 2.05) is 6.08 Å². The molecule has 0 aliphatic heterocycles. The maximum atomic E-state index is 10.9. The van der Waals surface area contributed by atoms with Gasteiger partial charge in [0.15, 0.2) is 0 Å². The summed E-state index contributed by atoms with van der Waals surface area (Å²) < 4.78 is 6.58. The summed E-state index contributed by atoms with van der Waals surface area (Å²) >= 11 is 6.76. The number of hydrogen-bond acceptors (Lipinski definition) is 4. The first-order chi connectivity index (χ1) is 10.7. The average Bonchev–Trinajstić information content (AvgIpc) is 2.44. The van der Waals surface area contributed by atoms with Crippen LogP contribution < -0.4 is 10.5 Å². The zero-order chi connectivity index (χ0) is 17.2. The Morgan fingerprint density at radius 2 is 1.96 bits per heavy atom. The van der Waals surface area contributed by atoms with Crippen molar-refractivity contribution in [1.29, 1.82) is 0 Å². The van der Waals surface area contributed by atoms with Crippen LogP contribution in [0.4, 0.5) is 0 Å². The van der Waals surface area contributed by atoms with E-state index < -0.39 is 13.4 Å². The molecule has 4 N–H and O–H groups in total. The van der Waals surface area contributed by atoms with Crippen molar-refractivity contribution in [1.82, 2.24) is 0 Å². The molecule has 0 saturated heterocycles. The SMILES string of the molecule is NC(CC1=CC(I)(I)C(Oc2ccc(O)cc2)=C(I)C1)C(=O)O. The molecule has 23 heavy (non-hydrogen) atoms. The lowest BCUT2D eigenvalue weighted by Crippen LogP contribution is -2.31. The minimum absolute atomic E-state index is 0.185. The van der Waals surface area contributed by atoms with E-state index in [0.717, 1.165) is 14.9 Å². The lowest BCUT2D eigenvalue weighted by atomic mass is 9.98. The van der Waals surface area contributed by atoms with Crippen molar-refractivity contribution in [3.8, 4) is 11.5 Å². The minimum Gasteiger partial charge on any atom is -0.508 e. The van der Waals surface area contributed by atoms with Gasteiger partial charge >= 0.3 is 5.97 Å². The van der Waals surface area contributed by atoms with Gasteiger partial charge in [0, 0.05) is 10.0 Å². The predicted molar refractivity (Wildman–Crippen MR) is 113 cm³/mol. The van der Waals surface area contributed by atoms with Gasteiger partial charge in [0.05, 0.1) is 0 Å². The zero-order valence-electron chi connectivity index (χ0n) is 11.8. The van der Waals surface area contributed by atoms with Gasteiger partial charge in [0.1, 0.15) is 24.7 Å². The normalized spacial score (nSPS) is 18.3. The molecule has 1 aliphatic rings. The Labute approximate surface area is 174 Å². The molecule has 2 rings (SSSR count). The van der Waals surface area contributed by atoms with Crippen molar-refractivity contribution < 1.29 is 19.7 Å². The van der Waals surface area contributed by atoms with Crippen LogP contribution in [0.3, 0.4) is 0 Å². The number of rotatable bonds is 5. The van der Waals surface area contributed by atoms with Crippen LogP contribution in [0.5, 0.6) is 11.5 Å². The van der Waals surface area contributed by atoms with Gasteiger partial charge < -0.3 is 20.7 Å². The van der Waals surface area contributed by atoms with E-state index in [9.17, 15) is 9.90 Å². The number of hydrogen-bond donors (Lipinski definition) is 3. The van der Waals surface area contributed by atoms with Gasteiger partial charge in [-0.25, -0.2) is 0 Å². The summed E-state index contributed by atoms with van der Waals surface area (Å²) in [6.45, 7) is 0. The number of carbonyl (C=O) groups is 1. The van der Waals surface area contributed by atoms with Crippen molar-refractivity contribution in [3.05, 3.63) is 45.3 Å². The smallest absolute Gasteiger partial charge is 0.320 e. The highest BCUT2D eigenvalue weighted by atomic mass is 127. The Balaban J connectivity index is 2.19. The third kappa shape index (κ3) is 5.19. The molecule has 0 amide bonds. The van der Waals surface area contributed by atoms with Gasteiger partial charge in [-0.15, -0.1) is 0 Å². The molecule has 0 heterocycles. The third-order valence-electron chi connectivity index (χ3n) is 3.17. The standard InChI is InChI=1S/C15H14I3NO4/c16-11-5-8(6-12(19)14(21)22)7-15(17,18)13(11)23-10-3-1-9(20)2-4-10/h1-4,7,12,20H,5-6,19H2,(H,21,22). The molecular weight excluding hydrogens is 639 g/mol. The van der Waals surface area contributed by atoms with Crippen molar-refractivity contribution in [2.45, 2.75) is 20.3 Å². The summed E-state index contributed by atoms with van der Waals surface area (Å²) in [5.74, 6) is 0.634. The van der Waals surface area contributed by atoms with Gasteiger partial charge in [-0.2, -0.15) is 0 Å². The van der Waals surface area contributed by atoms with E-state index in [1.54, 1.807) is 24.3 Å². The first-order valence-electron chi connectivity index (χ1n) is 6.62. The van der Waals surface area contributed by atoms with Gasteiger partial charge in [-0.3, -0.25) is 4.79 Å². The summed E-state index contributed by atoms with van der Waals surface area (Å²) in [6, 6.07) is 5.65. The van der Waals surface area contributed by atoms with Gasteiger partial charge in [-0.1, -0.05) is 56.8 Å². The lowest BCUT2D eigenvalue weighted by molar-refractivity contribution is -0.138. The third-order valence-corrected chi connectivity index (χ3v) is 5.65. The Kier molecular flexibility index (Phi) is 6.58. The molecule has 5 nitrogen and oxygen atoms in total. The summed E-state index contributed by atoms with van der Waals surface area (Å²) in [5, 5.41) is 18.3. The fourth-order valence-electron chi connectivity index (χ4n) is 2.09. The fraction of sp³-hybridized carbons (Fsp3) is 0.267. The summed E-state index contributed by atoms with van der Waals surface area (Å²) in [5.41, 5.74) is 6.63. The fourth-order valence-corrected chi connectivity index (χ4v) is 5.90. The van der Waals surface area contributed by atoms with Gasteiger partial charge in [0.2, 0.25) is 0 Å². The molecule has 0 aromatic heterocycles. The quantitative estimate of drug-likeness (QED) is 0.253. The second-order valence-electron chi connectivity index (χ2n) is 5.08. The number of halogens is 3. The predicted octanol–water partition coefficient (Wildman–Crippen LogP) is 4.12. The number of nitrogens with two attached hydrogens (primary N) is 1. The van der Waals surface area contributed by atoms with E-state index in [-0.39, 0.29) is 5.75 Å². The molecule has 1 atom stereocenters. The molecule has 8 heteroatoms. The number of allylic oxidation sites excluding steroid dienone is 2. The van der Waals surface area contributed by atoms with Crippen LogP contribution in [0.15, 0.2) is 45.3 Å². The van der Waals surface area contributed by atoms with E-state index in [2.05, 4.69) is 67.8 Å². The van der Waals surface area contributed by atoms with Gasteiger partial charge in [0.25, 0.3) is 0 Å². The molecule has 0 spiro atoms. The van der Waals surface area contributed by atoms with Crippen LogP contribution in [0.1, 0.15) is 12.8 Å². The number of phenolic OH excluding ortho intramolecular Hbond substituents is 1. The molecule has 124 valence electrons. The molecule has 1 aromatic rings. The van der Waals surface area contributed by atoms with Crippen LogP contribution in [0.2, 0.25) is 0 Å². The largest absolute Gasteiger partial charge is 0.508 e. The van der Waals surface area contributed by atoms with Crippen LogP contribution in [0, 0.1) is 0 Å². The highest BCUT2D eigenvalue weighted by Crippen LogP contribution is 2.47. The number of ether oxygens (including phenoxy) is 1. The number of carboxylic acid groups (broad SMARTS) is 1. The topological polar surface area (TPSA) is 92.8 Å². The van der Waals surface area contributed by atoms with Crippen LogP contribution in [-0.2, 0) is 4.79 Å². The number of aromatic hydroxyl groups is 1. The second-order valence-corrected chi connectivity index (χ2v) is 11.9. The highest BCUT2D eigenvalue weighted by Gasteiger charge is 2.35. The van der Waals surface area contributed by atoms with E-state index in [0.29, 0.717) is 18.6 Å². The van der Waals surface area contributed by atoms with Crippen molar-refractivity contribution in [2.75, 3.05) is 0 Å². The van der Waals surface area contributed by atoms with Crippen molar-refractivity contribution >= 4 is 73.7 Å². The first-order valence-corrected chi connectivity index (χ1v) is 9.85. The molecule has 0 bridgehead atoms. The molecular formula is C15H14I3NO4. The number of phenols is 1. The number of aliphatic carboxylic acids is 1. The van der Waals surface area contributed by atoms with Crippen LogP contribution in [0.25, 0.3) is 0 Å². The Morgan fingerprint density at radius 3 is 2.48 bits per heavy atom. The second kappa shape index (κ2) is 7.87. The van der Waals surface area contributed by atoms with E-state index >= 15 is 0 Å². The molecule has 1 unspecified atom stereocenters. The van der Waals surface area contributed by atoms with Crippen molar-refractivity contribution in [2.24, 2.45) is 5.73 Å². The summed E-state index contributed by atoms with van der Waals surface area (Å²) in [4.78, 5) is 10.9. The first kappa shape index (κ1) is 19.2. The number of alkyl halides is 2. The number of benzene rings is 1. The van der Waals surface area contributed by atoms with Crippen LogP contribution in [-0.4, -0.2) is 23.7 Å². The molecule has 1 aromatic carbocycles. The molecule has 1 aliphatic carbocycles. The van der Waals surface area contributed by atoms with Gasteiger partial charge in [-0.05, 0) is 53.3 Å². The van der Waals surface area contributed by atoms with E-state index in [4.69, 9.17) is 15.6 Å². The number of carboxylic acids is 1. The zero-order valence-corrected chi connectivity index (χ0v) is 18.3. The van der Waals surface area contributed by atoms with Crippen LogP contribution >= 0.6 is 67.8 Å². The minimum atomic E-state index is -0.997. The Hall–Kier alpha value is -0.0800. The summed E-state index contributed by atoms with van der Waals surface area (Å²) in [7, 11) is 0. The average molecular weight is 653 g/mol. The highest BCUT2D eigenvalue weighted by molar-refractivity contribution is 14.2. The molecule has 0 radical (unpaired) electrons. The maximum Gasteiger partial charge on any atom is 0.320 e. The van der Waals surface area contributed by atoms with Crippen molar-refractivity contribution in [3.63, 3.8) is 0 Å². The maximum absolute atomic E-state index is 10.9. The Morgan fingerprint density at radius 1 is 1.35 bits per heavy atom. The monoisotopic (exact) mass is 653 g/mol. The molecule has 0 saturated carbocycles. The van der Waals surface area contributed by atoms with E-state index in [1.165, 1.54) is 0 Å². The lowest BCUT2D eigenvalue weighted by Gasteiger charge is -2.29. The Bertz CT molecular complexity index is 668.